The Morgan fingerprint density at radius 3 is 2.58 bits per heavy atom. The van der Waals surface area contributed by atoms with Crippen molar-refractivity contribution in [3.63, 3.8) is 0 Å². The van der Waals surface area contributed by atoms with Crippen LogP contribution in [-0.4, -0.2) is 60.1 Å². The molecular formula is C27H31F2N3O4. The van der Waals surface area contributed by atoms with Crippen molar-refractivity contribution in [2.45, 2.75) is 45.3 Å². The number of carbonyl (C=O) groups excluding carboxylic acids is 1. The van der Waals surface area contributed by atoms with Crippen LogP contribution in [-0.2, 0) is 10.3 Å². The molecule has 36 heavy (non-hydrogen) atoms. The smallest absolute Gasteiger partial charge is 0.387 e. The minimum Gasteiger partial charge on any atom is -0.496 e. The van der Waals surface area contributed by atoms with Crippen LogP contribution in [0.25, 0.3) is 16.9 Å². The van der Waals surface area contributed by atoms with E-state index in [1.807, 2.05) is 16.7 Å². The molecule has 1 saturated heterocycles. The van der Waals surface area contributed by atoms with E-state index in [9.17, 15) is 13.6 Å². The first-order chi connectivity index (χ1) is 17.3. The second kappa shape index (κ2) is 9.78. The van der Waals surface area contributed by atoms with Crippen molar-refractivity contribution in [3.05, 3.63) is 47.8 Å². The molecule has 7 nitrogen and oxygen atoms in total. The number of fused-ring (bicyclic) bond motifs is 1. The fourth-order valence-electron chi connectivity index (χ4n) is 4.93. The van der Waals surface area contributed by atoms with E-state index in [-0.39, 0.29) is 28.4 Å². The van der Waals surface area contributed by atoms with E-state index in [1.165, 1.54) is 13.2 Å². The summed E-state index contributed by atoms with van der Waals surface area (Å²) in [5, 5.41) is 0. The molecule has 2 aliphatic rings. The van der Waals surface area contributed by atoms with E-state index in [1.54, 1.807) is 12.3 Å². The lowest BCUT2D eigenvalue weighted by molar-refractivity contribution is -0.0502. The number of hydrogen-bond donors (Lipinski definition) is 0. The molecule has 0 bridgehead atoms. The average Bonchev–Trinajstić information content (AvgIpc) is 3.58. The van der Waals surface area contributed by atoms with E-state index in [2.05, 4.69) is 29.8 Å². The number of nitrogens with zero attached hydrogens (tertiary/aromatic N) is 3. The van der Waals surface area contributed by atoms with E-state index < -0.39 is 6.61 Å². The summed E-state index contributed by atoms with van der Waals surface area (Å²) in [5.74, 6) is 0.0967. The minimum absolute atomic E-state index is 0.0665. The van der Waals surface area contributed by atoms with E-state index in [4.69, 9.17) is 14.2 Å². The zero-order chi connectivity index (χ0) is 25.4. The highest BCUT2D eigenvalue weighted by atomic mass is 19.3. The van der Waals surface area contributed by atoms with Gasteiger partial charge < -0.3 is 14.2 Å². The van der Waals surface area contributed by atoms with Crippen molar-refractivity contribution in [1.29, 1.82) is 0 Å². The number of morpholine rings is 1. The second-order valence-corrected chi connectivity index (χ2v) is 9.95. The summed E-state index contributed by atoms with van der Waals surface area (Å²) < 4.78 is 44.3. The highest BCUT2D eigenvalue weighted by molar-refractivity contribution is 6.02. The zero-order valence-corrected chi connectivity index (χ0v) is 20.8. The number of benzene rings is 1. The standard InChI is InChI=1S/C27H31F2N3O4/c1-27(2,31-8-10-35-11-9-31)19-6-7-32-20(16-30-24(32)15-19)18-13-22(34-3)25(21(33)12-17-4-5-17)23(14-18)36-26(28)29/h6-7,13-17,26H,4-5,8-12H2,1-3H3. The zero-order valence-electron chi connectivity index (χ0n) is 20.8. The highest BCUT2D eigenvalue weighted by Crippen LogP contribution is 2.40. The van der Waals surface area contributed by atoms with Crippen LogP contribution >= 0.6 is 0 Å². The Hall–Kier alpha value is -3.04. The van der Waals surface area contributed by atoms with Gasteiger partial charge in [-0.3, -0.25) is 14.1 Å². The van der Waals surface area contributed by atoms with Gasteiger partial charge in [-0.15, -0.1) is 0 Å². The Labute approximate surface area is 209 Å². The molecule has 1 aromatic carbocycles. The molecule has 0 atom stereocenters. The number of carbonyl (C=O) groups is 1. The van der Waals surface area contributed by atoms with Crippen molar-refractivity contribution >= 4 is 11.4 Å². The SMILES string of the molecule is COc1cc(-c2cnc3cc(C(C)(C)N4CCOCC4)ccn23)cc(OC(F)F)c1C(=O)CC1CC1. The summed E-state index contributed by atoms with van der Waals surface area (Å²) in [6.07, 6.45) is 5.87. The number of imidazole rings is 1. The fourth-order valence-corrected chi connectivity index (χ4v) is 4.93. The van der Waals surface area contributed by atoms with Gasteiger partial charge in [-0.2, -0.15) is 8.78 Å². The van der Waals surface area contributed by atoms with Crippen LogP contribution in [0.2, 0.25) is 0 Å². The maximum atomic E-state index is 13.3. The van der Waals surface area contributed by atoms with Crippen LogP contribution in [0.4, 0.5) is 8.78 Å². The minimum atomic E-state index is -3.07. The lowest BCUT2D eigenvalue weighted by Crippen LogP contribution is -2.47. The molecule has 192 valence electrons. The number of ketones is 1. The van der Waals surface area contributed by atoms with Crippen molar-refractivity contribution in [2.24, 2.45) is 5.92 Å². The molecule has 2 fully saturated rings. The predicted molar refractivity (Wildman–Crippen MR) is 131 cm³/mol. The Morgan fingerprint density at radius 1 is 1.19 bits per heavy atom. The third-order valence-electron chi connectivity index (χ3n) is 7.27. The van der Waals surface area contributed by atoms with Gasteiger partial charge in [-0.05, 0) is 62.4 Å². The number of ether oxygens (including phenoxy) is 3. The first kappa shape index (κ1) is 24.6. The largest absolute Gasteiger partial charge is 0.496 e. The fraction of sp³-hybridized carbons (Fsp3) is 0.481. The highest BCUT2D eigenvalue weighted by Gasteiger charge is 2.31. The first-order valence-corrected chi connectivity index (χ1v) is 12.3. The number of halogens is 2. The van der Waals surface area contributed by atoms with E-state index in [0.29, 0.717) is 36.8 Å². The molecule has 1 saturated carbocycles. The Bertz CT molecular complexity index is 1260. The molecule has 5 rings (SSSR count). The van der Waals surface area contributed by atoms with Gasteiger partial charge in [-0.1, -0.05) is 0 Å². The van der Waals surface area contributed by atoms with Crippen molar-refractivity contribution in [3.8, 4) is 22.8 Å². The normalized spacial score (nSPS) is 17.1. The van der Waals surface area contributed by atoms with E-state index in [0.717, 1.165) is 37.1 Å². The van der Waals surface area contributed by atoms with Crippen molar-refractivity contribution in [2.75, 3.05) is 33.4 Å². The lowest BCUT2D eigenvalue weighted by atomic mass is 9.92. The number of pyridine rings is 1. The summed E-state index contributed by atoms with van der Waals surface area (Å²) in [6.45, 7) is 4.44. The molecule has 0 amide bonds. The topological polar surface area (TPSA) is 65.3 Å². The number of methoxy groups -OCH3 is 1. The van der Waals surface area contributed by atoms with Gasteiger partial charge in [0.25, 0.3) is 0 Å². The van der Waals surface area contributed by atoms with E-state index >= 15 is 0 Å². The third-order valence-corrected chi connectivity index (χ3v) is 7.27. The molecule has 3 aromatic rings. The predicted octanol–water partition coefficient (Wildman–Crippen LogP) is 5.16. The molecule has 1 aliphatic heterocycles. The molecule has 1 aliphatic carbocycles. The third kappa shape index (κ3) is 4.82. The monoisotopic (exact) mass is 499 g/mol. The maximum absolute atomic E-state index is 13.3. The molecule has 0 spiro atoms. The number of hydrogen-bond acceptors (Lipinski definition) is 6. The number of Topliss-reactive ketones (excluding diaryl/α,β-unsaturated/α-hetero) is 1. The van der Waals surface area contributed by atoms with Gasteiger partial charge in [0.15, 0.2) is 5.78 Å². The van der Waals surface area contributed by atoms with Gasteiger partial charge >= 0.3 is 6.61 Å². The number of rotatable bonds is 9. The summed E-state index contributed by atoms with van der Waals surface area (Å²) >= 11 is 0. The maximum Gasteiger partial charge on any atom is 0.387 e. The Balaban J connectivity index is 1.53. The molecule has 9 heteroatoms. The Kier molecular flexibility index (Phi) is 6.70. The molecule has 3 heterocycles. The molecule has 0 N–H and O–H groups in total. The second-order valence-electron chi connectivity index (χ2n) is 9.95. The number of alkyl halides is 2. The van der Waals surface area contributed by atoms with Gasteiger partial charge in [0.2, 0.25) is 0 Å². The molecular weight excluding hydrogens is 468 g/mol. The summed E-state index contributed by atoms with van der Waals surface area (Å²) in [7, 11) is 1.42. The van der Waals surface area contributed by atoms with Crippen molar-refractivity contribution < 1.29 is 27.8 Å². The summed E-state index contributed by atoms with van der Waals surface area (Å²) in [5.41, 5.74) is 2.96. The first-order valence-electron chi connectivity index (χ1n) is 12.3. The average molecular weight is 500 g/mol. The number of aromatic nitrogens is 2. The molecule has 0 unspecified atom stereocenters. The van der Waals surface area contributed by atoms with Gasteiger partial charge in [0.1, 0.15) is 22.7 Å². The molecule has 2 aromatic heterocycles. The quantitative estimate of drug-likeness (QED) is 0.379. The summed E-state index contributed by atoms with van der Waals surface area (Å²) in [4.78, 5) is 19.9. The summed E-state index contributed by atoms with van der Waals surface area (Å²) in [6, 6.07) is 7.26. The van der Waals surface area contributed by atoms with Crippen LogP contribution in [0.1, 0.15) is 49.0 Å². The van der Waals surface area contributed by atoms with Crippen molar-refractivity contribution in [1.82, 2.24) is 14.3 Å². The Morgan fingerprint density at radius 2 is 1.92 bits per heavy atom. The van der Waals surface area contributed by atoms with Crippen LogP contribution in [0.15, 0.2) is 36.7 Å². The van der Waals surface area contributed by atoms with Crippen LogP contribution in [0.3, 0.4) is 0 Å². The molecule has 0 radical (unpaired) electrons. The van der Waals surface area contributed by atoms with Crippen LogP contribution in [0.5, 0.6) is 11.5 Å². The van der Waals surface area contributed by atoms with Crippen LogP contribution < -0.4 is 9.47 Å². The van der Waals surface area contributed by atoms with Crippen LogP contribution in [0, 0.1) is 5.92 Å². The lowest BCUT2D eigenvalue weighted by Gasteiger charge is -2.41. The van der Waals surface area contributed by atoms with Gasteiger partial charge in [-0.25, -0.2) is 4.98 Å². The van der Waals surface area contributed by atoms with Gasteiger partial charge in [0, 0.05) is 36.8 Å². The van der Waals surface area contributed by atoms with Gasteiger partial charge in [0.05, 0.1) is 32.2 Å².